The molecule has 51 heavy (non-hydrogen) atoms. The topological polar surface area (TPSA) is 427 Å². The zero-order valence-corrected chi connectivity index (χ0v) is 30.5. The average Bonchev–Trinajstić information content (AvgIpc) is 3.59. The van der Waals surface area contributed by atoms with Gasteiger partial charge in [0.1, 0.15) is 36.4 Å². The van der Waals surface area contributed by atoms with Gasteiger partial charge >= 0.3 is 38.7 Å². The van der Waals surface area contributed by atoms with Crippen LogP contribution in [-0.4, -0.2) is 93.3 Å². The molecule has 0 fully saturated rings. The molecule has 0 amide bonds. The SMILES string of the molecule is C[C@H](Cn1cnc2c(N)ncnc21)OCP(=O)(O)OP(=O)(O)O.C[C@H](Cn1cnc2c(N)ncnc21)OCP(=O)(O)OP(=O)(O)OP(=O)(O)ON. The number of hydrogen-bond acceptors (Lipinski definition) is 20. The maximum Gasteiger partial charge on any atom is 0.497 e. The van der Waals surface area contributed by atoms with Gasteiger partial charge in [-0.15, -0.1) is 0 Å². The highest BCUT2D eigenvalue weighted by atomic mass is 31.3. The van der Waals surface area contributed by atoms with Crippen molar-refractivity contribution < 1.29 is 79.2 Å². The molecule has 4 aromatic rings. The highest BCUT2D eigenvalue weighted by molar-refractivity contribution is 7.68. The van der Waals surface area contributed by atoms with Crippen LogP contribution in [-0.2, 0) is 62.9 Å². The molecular formula is C18H32N11O17P5. The van der Waals surface area contributed by atoms with Gasteiger partial charge in [0.25, 0.3) is 0 Å². The molecule has 0 aliphatic rings. The van der Waals surface area contributed by atoms with E-state index in [1.165, 1.54) is 32.2 Å². The molecule has 4 aromatic heterocycles. The van der Waals surface area contributed by atoms with Gasteiger partial charge in [-0.1, -0.05) is 0 Å². The van der Waals surface area contributed by atoms with E-state index in [9.17, 15) is 37.5 Å². The number of hydrogen-bond donors (Lipinski definition) is 9. The molecular weight excluding hydrogens is 797 g/mol. The predicted molar refractivity (Wildman–Crippen MR) is 170 cm³/mol. The lowest BCUT2D eigenvalue weighted by atomic mass is 10.4. The number of nitrogens with two attached hydrogens (primary N) is 3. The molecule has 12 N–H and O–H groups in total. The molecule has 33 heteroatoms. The zero-order valence-electron chi connectivity index (χ0n) is 26.0. The first-order valence-electron chi connectivity index (χ1n) is 13.3. The number of rotatable bonds is 17. The number of ether oxygens (including phenoxy) is 2. The Kier molecular flexibility index (Phi) is 14.2. The van der Waals surface area contributed by atoms with Gasteiger partial charge in [-0.25, -0.2) is 62.7 Å². The summed E-state index contributed by atoms with van der Waals surface area (Å²) in [6, 6.07) is 0. The van der Waals surface area contributed by atoms with E-state index in [4.69, 9.17) is 35.6 Å². The van der Waals surface area contributed by atoms with E-state index >= 15 is 0 Å². The monoisotopic (exact) mass is 829 g/mol. The summed E-state index contributed by atoms with van der Waals surface area (Å²) < 4.78 is 84.7. The smallest absolute Gasteiger partial charge is 0.382 e. The predicted octanol–water partition coefficient (Wildman–Crippen LogP) is 0.147. The largest absolute Gasteiger partial charge is 0.497 e. The maximum atomic E-state index is 11.9. The molecule has 0 aliphatic carbocycles. The normalized spacial score (nSPS) is 18.1. The van der Waals surface area contributed by atoms with Crippen molar-refractivity contribution in [2.24, 2.45) is 5.90 Å². The van der Waals surface area contributed by atoms with Crippen LogP contribution >= 0.6 is 38.7 Å². The Bertz CT molecular complexity index is 2060. The van der Waals surface area contributed by atoms with E-state index in [2.05, 4.69) is 53.4 Å². The Hall–Kier alpha value is -2.67. The lowest BCUT2D eigenvalue weighted by molar-refractivity contribution is 0.0755. The molecule has 0 saturated carbocycles. The number of nitrogens with zero attached hydrogens (tertiary/aromatic N) is 8. The third kappa shape index (κ3) is 13.7. The first-order chi connectivity index (χ1) is 23.4. The van der Waals surface area contributed by atoms with E-state index in [-0.39, 0.29) is 24.7 Å². The number of imidazole rings is 2. The summed E-state index contributed by atoms with van der Waals surface area (Å²) >= 11 is 0. The van der Waals surface area contributed by atoms with Gasteiger partial charge in [-0.3, -0.25) is 9.13 Å². The highest BCUT2D eigenvalue weighted by Crippen LogP contribution is 2.67. The fourth-order valence-corrected chi connectivity index (χ4v) is 9.17. The van der Waals surface area contributed by atoms with Crippen molar-refractivity contribution in [3.8, 4) is 0 Å². The standard InChI is InChI=1S/C9H17N6O10P3.C9H15N5O7P2/c1-6(2-15-4-14-7-8(10)12-3-13-9(7)15)22-5-26(16,17)24-28(20,21)25-27(18,19)23-11;1-6(20-5-22(15,16)21-23(17,18)19)2-14-4-13-7-8(10)11-3-12-9(7)14/h3-4,6H,2,5,11H2,1H3,(H,16,17)(H,18,19)(H,20,21)(H2,10,12,13);3-4,6H,2,5H2,1H3,(H,15,16)(H2,10,11,12)(H2,17,18,19)/t2*6-/m11/s1. The average molecular weight is 829 g/mol. The van der Waals surface area contributed by atoms with Crippen LogP contribution in [0.4, 0.5) is 11.6 Å². The van der Waals surface area contributed by atoms with Crippen LogP contribution < -0.4 is 17.4 Å². The van der Waals surface area contributed by atoms with Gasteiger partial charge < -0.3 is 59.4 Å². The van der Waals surface area contributed by atoms with Crippen molar-refractivity contribution >= 4 is 72.6 Å². The van der Waals surface area contributed by atoms with Gasteiger partial charge in [-0.2, -0.15) is 4.31 Å². The quantitative estimate of drug-likeness (QED) is 0.0505. The minimum absolute atomic E-state index is 0.118. The van der Waals surface area contributed by atoms with Crippen molar-refractivity contribution in [1.82, 2.24) is 39.0 Å². The van der Waals surface area contributed by atoms with Crippen LogP contribution in [0.5, 0.6) is 0 Å². The van der Waals surface area contributed by atoms with Crippen molar-refractivity contribution in [3.63, 3.8) is 0 Å². The minimum atomic E-state index is -5.46. The molecule has 28 nitrogen and oxygen atoms in total. The maximum absolute atomic E-state index is 11.9. The summed E-state index contributed by atoms with van der Waals surface area (Å²) in [5.74, 6) is 4.78. The number of nitrogen functional groups attached to an aromatic ring is 2. The summed E-state index contributed by atoms with van der Waals surface area (Å²) in [7, 11) is -25.1. The summed E-state index contributed by atoms with van der Waals surface area (Å²) in [6.45, 7) is 3.44. The van der Waals surface area contributed by atoms with Gasteiger partial charge in [-0.05, 0) is 13.8 Å². The summed E-state index contributed by atoms with van der Waals surface area (Å²) in [4.78, 5) is 77.8. The Morgan fingerprint density at radius 3 is 1.45 bits per heavy atom. The highest BCUT2D eigenvalue weighted by Gasteiger charge is 2.41. The lowest BCUT2D eigenvalue weighted by Gasteiger charge is -2.19. The molecule has 4 unspecified atom stereocenters. The molecule has 0 aliphatic heterocycles. The molecule has 6 atom stereocenters. The van der Waals surface area contributed by atoms with E-state index in [1.54, 1.807) is 16.1 Å². The van der Waals surface area contributed by atoms with E-state index in [0.717, 1.165) is 0 Å². The molecule has 4 heterocycles. The molecule has 0 bridgehead atoms. The fourth-order valence-electron chi connectivity index (χ4n) is 3.71. The fraction of sp³-hybridized carbons (Fsp3) is 0.444. The third-order valence-corrected chi connectivity index (χ3v) is 12.2. The van der Waals surface area contributed by atoms with Crippen LogP contribution in [0.1, 0.15) is 13.8 Å². The molecule has 0 saturated heterocycles. The van der Waals surface area contributed by atoms with Crippen LogP contribution in [0.15, 0.2) is 25.3 Å². The second kappa shape index (κ2) is 17.0. The van der Waals surface area contributed by atoms with Gasteiger partial charge in [0, 0.05) is 0 Å². The van der Waals surface area contributed by atoms with Crippen molar-refractivity contribution in [3.05, 3.63) is 25.3 Å². The molecule has 0 radical (unpaired) electrons. The van der Waals surface area contributed by atoms with Gasteiger partial charge in [0.2, 0.25) is 0 Å². The van der Waals surface area contributed by atoms with Crippen LogP contribution in [0.25, 0.3) is 22.3 Å². The molecule has 0 aromatic carbocycles. The van der Waals surface area contributed by atoms with Crippen molar-refractivity contribution in [2.45, 2.75) is 39.1 Å². The van der Waals surface area contributed by atoms with Crippen LogP contribution in [0, 0.1) is 0 Å². The van der Waals surface area contributed by atoms with Gasteiger partial charge in [0.15, 0.2) is 22.9 Å². The van der Waals surface area contributed by atoms with Crippen LogP contribution in [0.3, 0.4) is 0 Å². The Morgan fingerprint density at radius 1 is 0.647 bits per heavy atom. The van der Waals surface area contributed by atoms with Crippen molar-refractivity contribution in [1.29, 1.82) is 0 Å². The second-order valence-electron chi connectivity index (χ2n) is 9.92. The lowest BCUT2D eigenvalue weighted by Crippen LogP contribution is -2.17. The Morgan fingerprint density at radius 2 is 1.06 bits per heavy atom. The number of aromatic nitrogens is 8. The minimum Gasteiger partial charge on any atom is -0.382 e. The molecule has 4 rings (SSSR count). The zero-order chi connectivity index (χ0) is 38.4. The van der Waals surface area contributed by atoms with E-state index in [1.807, 2.05) is 0 Å². The Labute approximate surface area is 285 Å². The second-order valence-corrected chi connectivity index (χ2v) is 18.0. The summed E-state index contributed by atoms with van der Waals surface area (Å²) in [5.41, 5.74) is 13.0. The van der Waals surface area contributed by atoms with E-state index < -0.39 is 63.6 Å². The Balaban J connectivity index is 0.000000281. The first-order valence-corrected chi connectivity index (χ1v) is 21.4. The number of anilines is 2. The number of fused-ring (bicyclic) bond motifs is 2. The van der Waals surface area contributed by atoms with Gasteiger partial charge in [0.05, 0.1) is 38.0 Å². The van der Waals surface area contributed by atoms with Crippen LogP contribution in [0.2, 0.25) is 0 Å². The summed E-state index contributed by atoms with van der Waals surface area (Å²) in [6.07, 6.45) is 2.16. The first kappa shape index (κ1) is 42.7. The summed E-state index contributed by atoms with van der Waals surface area (Å²) in [5, 5.41) is 0. The molecule has 286 valence electrons. The third-order valence-electron chi connectivity index (χ3n) is 5.62. The molecule has 0 spiro atoms. The van der Waals surface area contributed by atoms with Crippen molar-refractivity contribution in [2.75, 3.05) is 24.2 Å². The van der Waals surface area contributed by atoms with E-state index in [0.29, 0.717) is 22.3 Å². The number of phosphoric acid groups is 3.